The predicted octanol–water partition coefficient (Wildman–Crippen LogP) is 3.08. The third-order valence-corrected chi connectivity index (χ3v) is 4.77. The van der Waals surface area contributed by atoms with Crippen molar-refractivity contribution >= 4 is 28.2 Å². The number of carbonyl (C=O) groups is 1. The Hall–Kier alpha value is -3.65. The lowest BCUT2D eigenvalue weighted by Crippen LogP contribution is -2.26. The second-order valence-electron chi connectivity index (χ2n) is 6.54. The number of aliphatic hydroxyl groups is 1. The summed E-state index contributed by atoms with van der Waals surface area (Å²) in [6.07, 6.45) is 0. The van der Waals surface area contributed by atoms with Crippen LogP contribution in [0.25, 0.3) is 22.0 Å². The van der Waals surface area contributed by atoms with E-state index in [1.54, 1.807) is 32.4 Å². The van der Waals surface area contributed by atoms with Crippen molar-refractivity contribution < 1.29 is 19.4 Å². The Labute approximate surface area is 167 Å². The van der Waals surface area contributed by atoms with Gasteiger partial charge in [-0.3, -0.25) is 15.0 Å². The molecule has 0 radical (unpaired) electrons. The summed E-state index contributed by atoms with van der Waals surface area (Å²) in [5, 5.41) is 23.2. The Morgan fingerprint density at radius 2 is 1.86 bits per heavy atom. The molecular formula is C21H22N4O4. The van der Waals surface area contributed by atoms with Crippen LogP contribution in [0.1, 0.15) is 10.4 Å². The molecule has 0 spiro atoms. The van der Waals surface area contributed by atoms with Crippen LogP contribution in [0, 0.1) is 0 Å². The summed E-state index contributed by atoms with van der Waals surface area (Å²) in [6, 6.07) is 13.1. The lowest BCUT2D eigenvalue weighted by molar-refractivity contribution is 0.0945. The van der Waals surface area contributed by atoms with Crippen LogP contribution in [0.4, 0.5) is 11.5 Å². The van der Waals surface area contributed by atoms with Crippen LogP contribution in [0.2, 0.25) is 0 Å². The van der Waals surface area contributed by atoms with Gasteiger partial charge in [0.1, 0.15) is 5.82 Å². The summed E-state index contributed by atoms with van der Waals surface area (Å²) in [7, 11) is 3.23. The summed E-state index contributed by atoms with van der Waals surface area (Å²) in [4.78, 5) is 12.1. The number of aliphatic hydroxyl groups excluding tert-OH is 1. The summed E-state index contributed by atoms with van der Waals surface area (Å²) in [5.41, 5.74) is 3.20. The van der Waals surface area contributed by atoms with E-state index in [9.17, 15) is 4.79 Å². The molecule has 2 aromatic carbocycles. The maximum atomic E-state index is 12.1. The van der Waals surface area contributed by atoms with Gasteiger partial charge in [0, 0.05) is 28.7 Å². The Bertz CT molecular complexity index is 1130. The molecule has 0 bridgehead atoms. The van der Waals surface area contributed by atoms with Crippen molar-refractivity contribution in [3.8, 4) is 22.8 Å². The first kappa shape index (κ1) is 18.7. The molecule has 1 amide bonds. The fraction of sp³-hybridized carbons (Fsp3) is 0.190. The van der Waals surface area contributed by atoms with Crippen LogP contribution in [-0.2, 0) is 0 Å². The molecule has 0 atom stereocenters. The molecule has 0 saturated carbocycles. The number of H-pyrrole nitrogens is 2. The number of methoxy groups -OCH3 is 2. The van der Waals surface area contributed by atoms with Gasteiger partial charge in [-0.15, -0.1) is 0 Å². The van der Waals surface area contributed by atoms with Crippen molar-refractivity contribution in [3.63, 3.8) is 0 Å². The smallest absolute Gasteiger partial charge is 0.251 e. The molecule has 1 aliphatic carbocycles. The maximum Gasteiger partial charge on any atom is 0.251 e. The molecule has 2 aliphatic rings. The van der Waals surface area contributed by atoms with Crippen molar-refractivity contribution in [3.05, 3.63) is 48.0 Å². The van der Waals surface area contributed by atoms with Gasteiger partial charge in [-0.1, -0.05) is 6.07 Å². The highest BCUT2D eigenvalue weighted by atomic mass is 16.5. The van der Waals surface area contributed by atoms with E-state index in [2.05, 4.69) is 26.9 Å². The van der Waals surface area contributed by atoms with Gasteiger partial charge < -0.3 is 25.2 Å². The zero-order valence-electron chi connectivity index (χ0n) is 16.1. The van der Waals surface area contributed by atoms with Crippen molar-refractivity contribution in [1.82, 2.24) is 15.5 Å². The minimum absolute atomic E-state index is 0.0971. The second-order valence-corrected chi connectivity index (χ2v) is 6.54. The average molecular weight is 394 g/mol. The fourth-order valence-electron chi connectivity index (χ4n) is 3.38. The van der Waals surface area contributed by atoms with Crippen molar-refractivity contribution in [2.24, 2.45) is 0 Å². The molecule has 1 aliphatic heterocycles. The number of hydrogen-bond acceptors (Lipinski definition) is 5. The van der Waals surface area contributed by atoms with Gasteiger partial charge in [-0.2, -0.15) is 0 Å². The van der Waals surface area contributed by atoms with Crippen molar-refractivity contribution in [2.45, 2.75) is 0 Å². The summed E-state index contributed by atoms with van der Waals surface area (Å²) in [5.74, 6) is 1.89. The Morgan fingerprint density at radius 1 is 1.07 bits per heavy atom. The molecule has 0 aromatic heterocycles. The number of anilines is 2. The van der Waals surface area contributed by atoms with E-state index in [-0.39, 0.29) is 19.1 Å². The first-order valence-corrected chi connectivity index (χ1v) is 9.15. The molecule has 0 fully saturated rings. The lowest BCUT2D eigenvalue weighted by atomic mass is 10.1. The van der Waals surface area contributed by atoms with Gasteiger partial charge in [-0.25, -0.2) is 0 Å². The van der Waals surface area contributed by atoms with E-state index in [1.807, 2.05) is 18.2 Å². The fourth-order valence-corrected chi connectivity index (χ4v) is 3.38. The van der Waals surface area contributed by atoms with Crippen molar-refractivity contribution in [1.29, 1.82) is 0 Å². The van der Waals surface area contributed by atoms with E-state index in [0.717, 1.165) is 33.5 Å². The zero-order valence-corrected chi connectivity index (χ0v) is 16.1. The minimum Gasteiger partial charge on any atom is -0.493 e. The van der Waals surface area contributed by atoms with Crippen LogP contribution in [-0.4, -0.2) is 48.6 Å². The van der Waals surface area contributed by atoms with E-state index >= 15 is 0 Å². The number of amides is 1. The van der Waals surface area contributed by atoms with Crippen LogP contribution in [0.5, 0.6) is 11.5 Å². The largest absolute Gasteiger partial charge is 0.493 e. The Kier molecular flexibility index (Phi) is 5.01. The zero-order chi connectivity index (χ0) is 20.4. The number of benzene rings is 2. The third kappa shape index (κ3) is 3.45. The molecule has 0 saturated heterocycles. The van der Waals surface area contributed by atoms with Gasteiger partial charge in [0.05, 0.1) is 26.5 Å². The van der Waals surface area contributed by atoms with E-state index < -0.39 is 0 Å². The molecule has 8 nitrogen and oxygen atoms in total. The Balaban J connectivity index is 1.64. The molecule has 2 aromatic rings. The van der Waals surface area contributed by atoms with Gasteiger partial charge in [-0.05, 0) is 41.8 Å². The number of hydrogen-bond donors (Lipinski definition) is 5. The van der Waals surface area contributed by atoms with Gasteiger partial charge in [0.25, 0.3) is 5.91 Å². The van der Waals surface area contributed by atoms with E-state index in [4.69, 9.17) is 14.6 Å². The van der Waals surface area contributed by atoms with E-state index in [1.165, 1.54) is 0 Å². The first-order chi connectivity index (χ1) is 14.1. The first-order valence-electron chi connectivity index (χ1n) is 9.15. The van der Waals surface area contributed by atoms with E-state index in [0.29, 0.717) is 17.1 Å². The maximum absolute atomic E-state index is 12.1. The van der Waals surface area contributed by atoms with Crippen LogP contribution >= 0.6 is 0 Å². The number of rotatable bonds is 7. The summed E-state index contributed by atoms with van der Waals surface area (Å²) < 4.78 is 10.8. The lowest BCUT2D eigenvalue weighted by Gasteiger charge is -2.08. The standard InChI is InChI=1S/C21H22N4O4/c1-28-17-10-13-9-16-19(15(13)11-18(17)29-2)24-25-20(16)23-14-5-3-4-12(8-14)21(27)22-6-7-26/h3-5,8-11,23-26H,6-7H2,1-2H3,(H,22,27). The van der Waals surface area contributed by atoms with Crippen LogP contribution < -0.4 is 20.1 Å². The minimum atomic E-state index is -0.232. The highest BCUT2D eigenvalue weighted by Gasteiger charge is 2.19. The number of nitrogens with one attached hydrogen (secondary N) is 4. The van der Waals surface area contributed by atoms with Crippen LogP contribution in [0.3, 0.4) is 0 Å². The molecule has 0 unspecified atom stereocenters. The summed E-state index contributed by atoms with van der Waals surface area (Å²) >= 11 is 0. The normalized spacial score (nSPS) is 11.0. The molecule has 4 rings (SSSR count). The van der Waals surface area contributed by atoms with Crippen LogP contribution in [0.15, 0.2) is 42.5 Å². The Morgan fingerprint density at radius 3 is 2.62 bits per heavy atom. The third-order valence-electron chi connectivity index (χ3n) is 4.77. The number of aromatic nitrogens is 2. The molecule has 150 valence electrons. The second kappa shape index (κ2) is 7.76. The topological polar surface area (TPSA) is 111 Å². The molecule has 29 heavy (non-hydrogen) atoms. The molecular weight excluding hydrogens is 372 g/mol. The predicted molar refractivity (Wildman–Crippen MR) is 112 cm³/mol. The molecule has 5 N–H and O–H groups in total. The van der Waals surface area contributed by atoms with Gasteiger partial charge in [0.15, 0.2) is 11.5 Å². The number of ether oxygens (including phenoxy) is 2. The SMILES string of the molecule is COc1cc2cc3c(Nc4cccc(C(=O)NCCO)c4)[nH][nH]c-3c2cc1OC. The van der Waals surface area contributed by atoms with Gasteiger partial charge >= 0.3 is 0 Å². The number of fused-ring (bicyclic) bond motifs is 3. The highest BCUT2D eigenvalue weighted by molar-refractivity contribution is 6.05. The van der Waals surface area contributed by atoms with Gasteiger partial charge in [0.2, 0.25) is 0 Å². The molecule has 1 heterocycles. The highest BCUT2D eigenvalue weighted by Crippen LogP contribution is 2.42. The quantitative estimate of drug-likeness (QED) is 0.331. The number of carbonyl (C=O) groups excluding carboxylic acids is 1. The summed E-state index contributed by atoms with van der Waals surface area (Å²) in [6.45, 7) is 0.121. The molecule has 8 heteroatoms. The number of aromatic amines is 2. The average Bonchev–Trinajstić information content (AvgIpc) is 3.30. The monoisotopic (exact) mass is 394 g/mol. The van der Waals surface area contributed by atoms with Crippen molar-refractivity contribution in [2.75, 3.05) is 32.7 Å².